The number of hydrogen-bond donors (Lipinski definition) is 0. The van der Waals surface area contributed by atoms with E-state index in [1.807, 2.05) is 0 Å². The van der Waals surface area contributed by atoms with Gasteiger partial charge in [-0.25, -0.2) is 0 Å². The topological polar surface area (TPSA) is 54.5 Å². The number of imide groups is 1. The van der Waals surface area contributed by atoms with E-state index in [4.69, 9.17) is 0 Å². The number of amides is 2. The average molecular weight is 197 g/mol. The first-order valence-corrected chi connectivity index (χ1v) is 4.39. The molecule has 5 heteroatoms. The highest BCUT2D eigenvalue weighted by molar-refractivity contribution is 7.12. The lowest BCUT2D eigenvalue weighted by atomic mass is 10.3. The lowest BCUT2D eigenvalue weighted by Crippen LogP contribution is -2.26. The second-order valence-electron chi connectivity index (χ2n) is 2.28. The number of ketones is 1. The van der Waals surface area contributed by atoms with Gasteiger partial charge in [0.05, 0.1) is 11.4 Å². The second-order valence-corrected chi connectivity index (χ2v) is 3.23. The molecule has 13 heavy (non-hydrogen) atoms. The Kier molecular flexibility index (Phi) is 3.33. The van der Waals surface area contributed by atoms with Crippen molar-refractivity contribution in [2.45, 2.75) is 0 Å². The molecule has 2 amide bonds. The fraction of sp³-hybridized carbons (Fsp3) is 0.125. The SMILES string of the molecule is O=CN(C=O)CC(=O)c1cccs1. The molecule has 0 atom stereocenters. The van der Waals surface area contributed by atoms with Gasteiger partial charge in [-0.15, -0.1) is 11.3 Å². The average Bonchev–Trinajstić information content (AvgIpc) is 2.66. The summed E-state index contributed by atoms with van der Waals surface area (Å²) < 4.78 is 0. The van der Waals surface area contributed by atoms with Crippen molar-refractivity contribution in [2.75, 3.05) is 6.54 Å². The molecule has 0 spiro atoms. The van der Waals surface area contributed by atoms with Gasteiger partial charge in [0.15, 0.2) is 5.78 Å². The molecule has 0 fully saturated rings. The van der Waals surface area contributed by atoms with Crippen LogP contribution in [-0.4, -0.2) is 30.0 Å². The minimum Gasteiger partial charge on any atom is -0.291 e. The summed E-state index contributed by atoms with van der Waals surface area (Å²) in [6.07, 6.45) is 0.664. The number of hydrogen-bond acceptors (Lipinski definition) is 4. The molecule has 68 valence electrons. The van der Waals surface area contributed by atoms with Crippen LogP contribution in [0.1, 0.15) is 9.67 Å². The van der Waals surface area contributed by atoms with Gasteiger partial charge in [0.2, 0.25) is 12.8 Å². The van der Waals surface area contributed by atoms with Crippen LogP contribution in [0.5, 0.6) is 0 Å². The van der Waals surface area contributed by atoms with E-state index in [0.29, 0.717) is 17.7 Å². The molecule has 0 aliphatic carbocycles. The Morgan fingerprint density at radius 3 is 2.62 bits per heavy atom. The molecule has 0 saturated heterocycles. The predicted molar refractivity (Wildman–Crippen MR) is 47.5 cm³/mol. The van der Waals surface area contributed by atoms with Crippen LogP contribution >= 0.6 is 11.3 Å². The van der Waals surface area contributed by atoms with E-state index in [0.717, 1.165) is 4.90 Å². The number of thiophene rings is 1. The zero-order valence-electron chi connectivity index (χ0n) is 6.67. The largest absolute Gasteiger partial charge is 0.291 e. The van der Waals surface area contributed by atoms with Gasteiger partial charge in [-0.05, 0) is 11.4 Å². The lowest BCUT2D eigenvalue weighted by Gasteiger charge is -2.05. The highest BCUT2D eigenvalue weighted by Gasteiger charge is 2.10. The van der Waals surface area contributed by atoms with Crippen molar-refractivity contribution in [2.24, 2.45) is 0 Å². The Labute approximate surface area is 78.8 Å². The van der Waals surface area contributed by atoms with Gasteiger partial charge in [0.1, 0.15) is 0 Å². The van der Waals surface area contributed by atoms with Crippen molar-refractivity contribution in [3.63, 3.8) is 0 Å². The van der Waals surface area contributed by atoms with E-state index < -0.39 is 0 Å². The van der Waals surface area contributed by atoms with Crippen LogP contribution in [0.25, 0.3) is 0 Å². The molecule has 0 unspecified atom stereocenters. The van der Waals surface area contributed by atoms with Gasteiger partial charge >= 0.3 is 0 Å². The Morgan fingerprint density at radius 2 is 2.15 bits per heavy atom. The summed E-state index contributed by atoms with van der Waals surface area (Å²) >= 11 is 1.29. The van der Waals surface area contributed by atoms with Crippen LogP contribution in [-0.2, 0) is 9.59 Å². The van der Waals surface area contributed by atoms with Crippen LogP contribution in [0.2, 0.25) is 0 Å². The quantitative estimate of drug-likeness (QED) is 0.511. The maximum atomic E-state index is 11.3. The molecule has 1 rings (SSSR count). The summed E-state index contributed by atoms with van der Waals surface area (Å²) in [6, 6.07) is 3.39. The van der Waals surface area contributed by atoms with Gasteiger partial charge in [0.25, 0.3) is 0 Å². The van der Waals surface area contributed by atoms with E-state index in [1.54, 1.807) is 17.5 Å². The zero-order chi connectivity index (χ0) is 9.68. The summed E-state index contributed by atoms with van der Waals surface area (Å²) in [5.74, 6) is -0.228. The zero-order valence-corrected chi connectivity index (χ0v) is 7.49. The van der Waals surface area contributed by atoms with E-state index in [9.17, 15) is 14.4 Å². The monoisotopic (exact) mass is 197 g/mol. The molecule has 0 radical (unpaired) electrons. The normalized spacial score (nSPS) is 9.23. The van der Waals surface area contributed by atoms with Gasteiger partial charge in [0, 0.05) is 0 Å². The Hall–Kier alpha value is -1.49. The molecule has 4 nitrogen and oxygen atoms in total. The fourth-order valence-electron chi connectivity index (χ4n) is 0.780. The Morgan fingerprint density at radius 1 is 1.46 bits per heavy atom. The summed E-state index contributed by atoms with van der Waals surface area (Å²) in [4.78, 5) is 33.0. The van der Waals surface area contributed by atoms with E-state index in [2.05, 4.69) is 0 Å². The number of carbonyl (C=O) groups excluding carboxylic acids is 3. The maximum Gasteiger partial charge on any atom is 0.216 e. The molecule has 0 aromatic carbocycles. The first-order valence-electron chi connectivity index (χ1n) is 3.51. The van der Waals surface area contributed by atoms with Crippen molar-refractivity contribution < 1.29 is 14.4 Å². The third-order valence-electron chi connectivity index (χ3n) is 1.39. The van der Waals surface area contributed by atoms with E-state index >= 15 is 0 Å². The Bertz CT molecular complexity index is 299. The number of nitrogens with zero attached hydrogens (tertiary/aromatic N) is 1. The number of Topliss-reactive ketones (excluding diaryl/α,β-unsaturated/α-hetero) is 1. The first-order chi connectivity index (χ1) is 6.27. The van der Waals surface area contributed by atoms with Crippen LogP contribution in [0.15, 0.2) is 17.5 Å². The third kappa shape index (κ3) is 2.48. The Balaban J connectivity index is 2.60. The van der Waals surface area contributed by atoms with Crippen LogP contribution in [0, 0.1) is 0 Å². The van der Waals surface area contributed by atoms with Crippen molar-refractivity contribution in [3.8, 4) is 0 Å². The maximum absolute atomic E-state index is 11.3. The predicted octanol–water partition coefficient (Wildman–Crippen LogP) is 0.546. The molecular weight excluding hydrogens is 190 g/mol. The van der Waals surface area contributed by atoms with Crippen molar-refractivity contribution >= 4 is 29.9 Å². The first kappa shape index (κ1) is 9.60. The van der Waals surface area contributed by atoms with Gasteiger partial charge < -0.3 is 0 Å². The van der Waals surface area contributed by atoms with Crippen molar-refractivity contribution in [3.05, 3.63) is 22.4 Å². The summed E-state index contributed by atoms with van der Waals surface area (Å²) in [5.41, 5.74) is 0. The van der Waals surface area contributed by atoms with Gasteiger partial charge in [-0.3, -0.25) is 19.3 Å². The minimum absolute atomic E-state index is 0.187. The minimum atomic E-state index is -0.228. The molecule has 0 aliphatic rings. The highest BCUT2D eigenvalue weighted by atomic mass is 32.1. The van der Waals surface area contributed by atoms with Crippen molar-refractivity contribution in [1.29, 1.82) is 0 Å². The molecule has 0 aliphatic heterocycles. The molecule has 1 heterocycles. The summed E-state index contributed by atoms with van der Waals surface area (Å²) in [5, 5.41) is 1.76. The van der Waals surface area contributed by atoms with E-state index in [-0.39, 0.29) is 12.3 Å². The second kappa shape index (κ2) is 4.51. The van der Waals surface area contributed by atoms with Gasteiger partial charge in [-0.2, -0.15) is 0 Å². The summed E-state index contributed by atoms with van der Waals surface area (Å²) in [7, 11) is 0. The number of rotatable bonds is 5. The number of carbonyl (C=O) groups is 3. The van der Waals surface area contributed by atoms with Gasteiger partial charge in [-0.1, -0.05) is 6.07 Å². The summed E-state index contributed by atoms with van der Waals surface area (Å²) in [6.45, 7) is -0.187. The van der Waals surface area contributed by atoms with Crippen molar-refractivity contribution in [1.82, 2.24) is 4.90 Å². The molecule has 0 N–H and O–H groups in total. The third-order valence-corrected chi connectivity index (χ3v) is 2.30. The highest BCUT2D eigenvalue weighted by Crippen LogP contribution is 2.09. The fourth-order valence-corrected chi connectivity index (χ4v) is 1.44. The molecule has 0 bridgehead atoms. The molecular formula is C8H7NO3S. The molecule has 0 saturated carbocycles. The molecule has 1 aromatic rings. The van der Waals surface area contributed by atoms with Crippen LogP contribution < -0.4 is 0 Å². The smallest absolute Gasteiger partial charge is 0.216 e. The standard InChI is InChI=1S/C8H7NO3S/c10-5-9(6-11)4-7(12)8-2-1-3-13-8/h1-3,5-6H,4H2. The molecule has 1 aromatic heterocycles. The van der Waals surface area contributed by atoms with Crippen LogP contribution in [0.4, 0.5) is 0 Å². The lowest BCUT2D eigenvalue weighted by molar-refractivity contribution is -0.128. The van der Waals surface area contributed by atoms with E-state index in [1.165, 1.54) is 11.3 Å². The van der Waals surface area contributed by atoms with Crippen LogP contribution in [0.3, 0.4) is 0 Å².